The molecule has 8 aliphatic rings. The van der Waals surface area contributed by atoms with E-state index in [9.17, 15) is 23.3 Å². The van der Waals surface area contributed by atoms with E-state index in [1.54, 1.807) is 6.07 Å². The van der Waals surface area contributed by atoms with E-state index in [-0.39, 0.29) is 34.7 Å². The van der Waals surface area contributed by atoms with E-state index in [1.165, 1.54) is 28.8 Å². The van der Waals surface area contributed by atoms with Crippen molar-refractivity contribution in [1.82, 2.24) is 29.5 Å². The van der Waals surface area contributed by atoms with Gasteiger partial charge in [-0.15, -0.1) is 0 Å². The molecule has 5 saturated heterocycles. The fourth-order valence-electron chi connectivity index (χ4n) is 15.2. The summed E-state index contributed by atoms with van der Waals surface area (Å²) in [4.78, 5) is 52.0. The summed E-state index contributed by atoms with van der Waals surface area (Å²) < 4.78 is 54.7. The third-order valence-corrected chi connectivity index (χ3v) is 21.2. The van der Waals surface area contributed by atoms with E-state index in [4.69, 9.17) is 28.9 Å². The second kappa shape index (κ2) is 22.8. The van der Waals surface area contributed by atoms with E-state index >= 15 is 0 Å². The van der Waals surface area contributed by atoms with Crippen molar-refractivity contribution in [3.8, 4) is 5.88 Å². The minimum absolute atomic E-state index is 0.124. The first kappa shape index (κ1) is 55.0. The Labute approximate surface area is 490 Å². The molecule has 442 valence electrons. The number of nitro groups is 1. The van der Waals surface area contributed by atoms with Gasteiger partial charge in [-0.3, -0.25) is 24.7 Å². The number of hydrogen-bond donors (Lipinski definition) is 3. The number of sulfonamides is 1. The van der Waals surface area contributed by atoms with Gasteiger partial charge in [-0.1, -0.05) is 30.3 Å². The number of fused-ring (bicyclic) bond motifs is 4. The van der Waals surface area contributed by atoms with Crippen molar-refractivity contribution < 1.29 is 37.1 Å². The lowest BCUT2D eigenvalue weighted by Crippen LogP contribution is -2.62. The molecule has 0 unspecified atom stereocenters. The Morgan fingerprint density at radius 2 is 1.63 bits per heavy atom. The zero-order valence-corrected chi connectivity index (χ0v) is 48.5. The molecule has 84 heavy (non-hydrogen) atoms. The number of nitro benzene ring substituents is 1. The average Bonchev–Trinajstić information content (AvgIpc) is 3.35. The molecule has 0 bridgehead atoms. The Balaban J connectivity index is 0.712. The lowest BCUT2D eigenvalue weighted by Gasteiger charge is -2.59. The topological polar surface area (TPSA) is 213 Å². The van der Waals surface area contributed by atoms with E-state index in [0.717, 1.165) is 133 Å². The summed E-state index contributed by atoms with van der Waals surface area (Å²) >= 11 is 0. The summed E-state index contributed by atoms with van der Waals surface area (Å²) in [5.41, 5.74) is 7.01. The molecule has 3 aromatic heterocycles. The highest BCUT2D eigenvalue weighted by Crippen LogP contribution is 2.54. The molecule has 1 saturated carbocycles. The minimum Gasteiger partial charge on any atom is -0.468 e. The molecule has 21 heteroatoms. The van der Waals surface area contributed by atoms with Gasteiger partial charge < -0.3 is 43.9 Å². The molecule has 3 aromatic carbocycles. The number of piperidine rings is 1. The number of nitrogens with zero attached hydrogens (tertiary/aromatic N) is 8. The van der Waals surface area contributed by atoms with E-state index in [2.05, 4.69) is 82.8 Å². The fourth-order valence-corrected chi connectivity index (χ4v) is 16.2. The number of H-pyrrole nitrogens is 1. The maximum absolute atomic E-state index is 14.9. The molecule has 6 aromatic rings. The summed E-state index contributed by atoms with van der Waals surface area (Å²) in [6.45, 7) is 12.1. The van der Waals surface area contributed by atoms with Crippen LogP contribution in [0.1, 0.15) is 90.9 Å². The van der Waals surface area contributed by atoms with Crippen LogP contribution in [0, 0.1) is 28.4 Å². The van der Waals surface area contributed by atoms with Crippen LogP contribution >= 0.6 is 0 Å². The number of pyridine rings is 2. The molecule has 7 aliphatic heterocycles. The van der Waals surface area contributed by atoms with E-state index in [1.807, 2.05) is 36.7 Å². The molecule has 1 spiro atoms. The fraction of sp³-hybridized carbons (Fsp3) is 0.508. The highest BCUT2D eigenvalue weighted by Gasteiger charge is 2.51. The van der Waals surface area contributed by atoms with Gasteiger partial charge in [-0.25, -0.2) is 18.1 Å². The maximum atomic E-state index is 14.9. The Morgan fingerprint density at radius 1 is 0.833 bits per heavy atom. The number of rotatable bonds is 13. The first-order valence-electron chi connectivity index (χ1n) is 30.4. The molecule has 0 radical (unpaired) electrons. The zero-order chi connectivity index (χ0) is 57.1. The predicted molar refractivity (Wildman–Crippen MR) is 320 cm³/mol. The number of nitrogens with one attached hydrogen (secondary N) is 3. The van der Waals surface area contributed by atoms with Crippen molar-refractivity contribution in [3.05, 3.63) is 130 Å². The lowest BCUT2D eigenvalue weighted by atomic mass is 9.59. The predicted octanol–water partition coefficient (Wildman–Crippen LogP) is 8.54. The normalized spacial score (nSPS) is 24.4. The molecule has 14 rings (SSSR count). The molecular formula is C63H75N11O9S. The van der Waals surface area contributed by atoms with Gasteiger partial charge in [0.05, 0.1) is 33.7 Å². The third kappa shape index (κ3) is 10.6. The maximum Gasteiger partial charge on any atom is 0.293 e. The van der Waals surface area contributed by atoms with Crippen LogP contribution in [-0.4, -0.2) is 160 Å². The van der Waals surface area contributed by atoms with Gasteiger partial charge in [0.25, 0.3) is 21.6 Å². The summed E-state index contributed by atoms with van der Waals surface area (Å²) in [5.74, 6) is 0.930. The standard InChI is InChI=1S/C63H75N11O9S/c1-41-5-2-3-7-50(41)57-39-70(47-31-44-6-4-20-65-60(44)72(38-47)45-15-28-81-29-16-45)24-25-71(57)48-35-63(36-48)18-22-69(23-19-63)46-8-10-51(54(33-46)73-53-17-30-82-40-58(53)83-62-56(73)32-43-12-21-64-59(43)67-62)61(75)68-84(78,79)49-9-11-52(55(34-49)74(76)77)66-37-42-13-26-80-27-14-42/h2-12,20-21,32-34,42,45,47-48,53,57-58,66H,13-19,22-31,35-40H2,1H3,(H,64,67)(H,68,75)/t47-,53-,57-,58-/m0/s1. The number of amides is 1. The highest BCUT2D eigenvalue weighted by molar-refractivity contribution is 7.90. The van der Waals surface area contributed by atoms with Gasteiger partial charge >= 0.3 is 0 Å². The van der Waals surface area contributed by atoms with Crippen LogP contribution in [0.4, 0.5) is 34.3 Å². The number of aryl methyl sites for hydroxylation is 1. The number of carbonyl (C=O) groups excluding carboxylic acids is 1. The second-order valence-corrected chi connectivity index (χ2v) is 26.4. The summed E-state index contributed by atoms with van der Waals surface area (Å²) in [7, 11) is -4.62. The van der Waals surface area contributed by atoms with Crippen LogP contribution in [-0.2, 0) is 30.7 Å². The van der Waals surface area contributed by atoms with Crippen LogP contribution in [0.5, 0.6) is 5.88 Å². The monoisotopic (exact) mass is 1160 g/mol. The quantitative estimate of drug-likeness (QED) is 0.0730. The summed E-state index contributed by atoms with van der Waals surface area (Å²) in [5, 5.41) is 16.4. The number of piperazine rings is 1. The number of ether oxygens (including phenoxy) is 4. The summed E-state index contributed by atoms with van der Waals surface area (Å²) in [6, 6.07) is 28.0. The Bertz CT molecular complexity index is 3540. The number of anilines is 5. The van der Waals surface area contributed by atoms with Gasteiger partial charge in [0.15, 0.2) is 0 Å². The van der Waals surface area contributed by atoms with Crippen LogP contribution in [0.2, 0.25) is 0 Å². The Hall–Kier alpha value is -6.88. The van der Waals surface area contributed by atoms with Crippen molar-refractivity contribution in [2.24, 2.45) is 11.3 Å². The largest absolute Gasteiger partial charge is 0.468 e. The van der Waals surface area contributed by atoms with Crippen LogP contribution < -0.4 is 29.5 Å². The van der Waals surface area contributed by atoms with E-state index < -0.39 is 37.5 Å². The SMILES string of the molecule is Cc1ccccc1[C@@H]1CN([C@H]2Cc3cccnc3N(C3CCOCC3)C2)CCN1C1CC2(CCN(c3ccc(C(=O)NS(=O)(=O)c4ccc(NCC5CCOCC5)c([N+](=O)[O-])c4)c(N4c5cc6cc[nH]c6nc5O[C@H]5COCC[C@@H]54)c3)CC2)C1. The molecule has 20 nitrogen and oxygen atoms in total. The molecule has 1 aliphatic carbocycles. The minimum atomic E-state index is -4.62. The molecule has 4 atom stereocenters. The molecule has 1 amide bonds. The first-order valence-corrected chi connectivity index (χ1v) is 31.8. The molecule has 3 N–H and O–H groups in total. The number of aromatic amines is 1. The first-order chi connectivity index (χ1) is 40.9. The van der Waals surface area contributed by atoms with Crippen molar-refractivity contribution in [3.63, 3.8) is 0 Å². The second-order valence-electron chi connectivity index (χ2n) is 24.7. The number of carbonyl (C=O) groups is 1. The van der Waals surface area contributed by atoms with Crippen molar-refractivity contribution >= 4 is 61.2 Å². The van der Waals surface area contributed by atoms with Gasteiger partial charge in [-0.05, 0) is 148 Å². The van der Waals surface area contributed by atoms with Crippen molar-refractivity contribution in [2.45, 2.75) is 112 Å². The molecule has 6 fully saturated rings. The highest BCUT2D eigenvalue weighted by atomic mass is 32.2. The lowest BCUT2D eigenvalue weighted by molar-refractivity contribution is -0.384. The van der Waals surface area contributed by atoms with Crippen molar-refractivity contribution in [2.75, 3.05) is 105 Å². The third-order valence-electron chi connectivity index (χ3n) is 19.9. The molecular weight excluding hydrogens is 1090 g/mol. The van der Waals surface area contributed by atoms with Gasteiger partial charge in [0.1, 0.15) is 28.9 Å². The molecule has 10 heterocycles. The smallest absolute Gasteiger partial charge is 0.293 e. The zero-order valence-electron chi connectivity index (χ0n) is 47.7. The van der Waals surface area contributed by atoms with Gasteiger partial charge in [0.2, 0.25) is 5.88 Å². The van der Waals surface area contributed by atoms with Crippen molar-refractivity contribution in [1.29, 1.82) is 0 Å². The van der Waals surface area contributed by atoms with Crippen LogP contribution in [0.25, 0.3) is 11.0 Å². The number of hydrogen-bond acceptors (Lipinski definition) is 17. The van der Waals surface area contributed by atoms with Crippen LogP contribution in [0.3, 0.4) is 0 Å². The van der Waals surface area contributed by atoms with E-state index in [0.29, 0.717) is 80.4 Å². The number of aromatic nitrogens is 3. The van der Waals surface area contributed by atoms with Gasteiger partial charge in [0, 0.05) is 133 Å². The van der Waals surface area contributed by atoms with Gasteiger partial charge in [-0.2, -0.15) is 4.98 Å². The van der Waals surface area contributed by atoms with Crippen LogP contribution in [0.15, 0.2) is 102 Å². The summed E-state index contributed by atoms with van der Waals surface area (Å²) in [6.07, 6.45) is 13.0. The Kier molecular flexibility index (Phi) is 15.0. The average molecular weight is 1160 g/mol. The number of benzene rings is 3. The Morgan fingerprint density at radius 3 is 2.44 bits per heavy atom.